The van der Waals surface area contributed by atoms with Gasteiger partial charge in [0, 0.05) is 43.2 Å². The molecule has 3 atom stereocenters. The summed E-state index contributed by atoms with van der Waals surface area (Å²) in [7, 11) is 0. The Kier molecular flexibility index (Phi) is 4.79. The van der Waals surface area contributed by atoms with Gasteiger partial charge in [-0.05, 0) is 32.8 Å². The highest BCUT2D eigenvalue weighted by Crippen LogP contribution is 2.38. The van der Waals surface area contributed by atoms with Gasteiger partial charge < -0.3 is 25.0 Å². The van der Waals surface area contributed by atoms with E-state index in [1.807, 2.05) is 16.7 Å². The molecule has 0 amide bonds. The molecule has 3 N–H and O–H groups in total. The fraction of sp³-hybridized carbons (Fsp3) is 0.524. The average Bonchev–Trinajstić information content (AvgIpc) is 3.18. The lowest BCUT2D eigenvalue weighted by Gasteiger charge is -2.35. The lowest BCUT2D eigenvalue weighted by atomic mass is 9.95. The summed E-state index contributed by atoms with van der Waals surface area (Å²) in [6.07, 6.45) is 5.42. The number of anilines is 3. The first kappa shape index (κ1) is 19.2. The van der Waals surface area contributed by atoms with Crippen LogP contribution in [0, 0.1) is 11.8 Å². The van der Waals surface area contributed by atoms with E-state index >= 15 is 0 Å². The lowest BCUT2D eigenvalue weighted by Crippen LogP contribution is -2.45. The number of pyridine rings is 1. The van der Waals surface area contributed by atoms with Crippen molar-refractivity contribution in [2.75, 3.05) is 23.3 Å². The quantitative estimate of drug-likeness (QED) is 0.588. The number of aliphatic hydroxyl groups is 2. The molecule has 0 aromatic carbocycles. The number of piperidine rings is 1. The second-order valence-corrected chi connectivity index (χ2v) is 8.57. The van der Waals surface area contributed by atoms with E-state index in [1.165, 1.54) is 0 Å². The number of imidazole rings is 1. The van der Waals surface area contributed by atoms with E-state index in [0.717, 1.165) is 37.0 Å². The zero-order valence-corrected chi connectivity index (χ0v) is 17.2. The molecular formula is C21H27N7O2. The third kappa shape index (κ3) is 3.27. The Morgan fingerprint density at radius 1 is 1.13 bits per heavy atom. The Morgan fingerprint density at radius 3 is 2.60 bits per heavy atom. The Hall–Kier alpha value is -2.78. The van der Waals surface area contributed by atoms with E-state index in [0.29, 0.717) is 35.2 Å². The second kappa shape index (κ2) is 7.48. The molecule has 1 aliphatic heterocycles. The average molecular weight is 409 g/mol. The maximum atomic E-state index is 10.3. The van der Waals surface area contributed by atoms with Crippen LogP contribution in [0.1, 0.15) is 38.6 Å². The van der Waals surface area contributed by atoms with Crippen molar-refractivity contribution in [1.29, 1.82) is 0 Å². The first-order valence-electron chi connectivity index (χ1n) is 10.5. The fourth-order valence-electron chi connectivity index (χ4n) is 4.86. The molecule has 0 spiro atoms. The van der Waals surface area contributed by atoms with Crippen LogP contribution in [0.2, 0.25) is 0 Å². The van der Waals surface area contributed by atoms with Gasteiger partial charge in [-0.1, -0.05) is 0 Å². The lowest BCUT2D eigenvalue weighted by molar-refractivity contribution is 0.0788. The fourth-order valence-corrected chi connectivity index (χ4v) is 4.86. The molecule has 1 aliphatic carbocycles. The summed E-state index contributed by atoms with van der Waals surface area (Å²) >= 11 is 0. The van der Waals surface area contributed by atoms with Crippen LogP contribution in [-0.4, -0.2) is 53.9 Å². The van der Waals surface area contributed by atoms with Crippen LogP contribution in [0.25, 0.3) is 11.0 Å². The summed E-state index contributed by atoms with van der Waals surface area (Å²) in [5.41, 5.74) is 1.67. The molecule has 0 radical (unpaired) electrons. The highest BCUT2D eigenvalue weighted by Gasteiger charge is 2.41. The largest absolute Gasteiger partial charge is 0.392 e. The first-order chi connectivity index (χ1) is 14.5. The smallest absolute Gasteiger partial charge is 0.227 e. The molecule has 9 heteroatoms. The molecular weight excluding hydrogens is 382 g/mol. The van der Waals surface area contributed by atoms with Gasteiger partial charge in [-0.25, -0.2) is 15.0 Å². The van der Waals surface area contributed by atoms with Crippen molar-refractivity contribution < 1.29 is 10.2 Å². The summed E-state index contributed by atoms with van der Waals surface area (Å²) < 4.78 is 2.02. The van der Waals surface area contributed by atoms with Gasteiger partial charge in [0.15, 0.2) is 0 Å². The molecule has 3 aromatic heterocycles. The molecule has 9 nitrogen and oxygen atoms in total. The predicted octanol–water partition coefficient (Wildman–Crippen LogP) is 2.25. The van der Waals surface area contributed by atoms with Gasteiger partial charge in [-0.2, -0.15) is 4.98 Å². The van der Waals surface area contributed by atoms with Crippen LogP contribution in [0.15, 0.2) is 24.5 Å². The minimum atomic E-state index is -0.187. The zero-order chi connectivity index (χ0) is 20.8. The third-order valence-electron chi connectivity index (χ3n) is 6.27. The van der Waals surface area contributed by atoms with Crippen LogP contribution in [0.5, 0.6) is 0 Å². The monoisotopic (exact) mass is 409 g/mol. The maximum absolute atomic E-state index is 10.3. The van der Waals surface area contributed by atoms with Gasteiger partial charge in [0.2, 0.25) is 5.95 Å². The van der Waals surface area contributed by atoms with Crippen LogP contribution in [0.4, 0.5) is 17.6 Å². The molecule has 0 unspecified atom stereocenters. The Balaban J connectivity index is 1.40. The number of nitrogens with one attached hydrogen (secondary N) is 1. The van der Waals surface area contributed by atoms with Crippen molar-refractivity contribution in [3.8, 4) is 0 Å². The standard InChI is InChI=1S/C21H27N7O2/c1-12(2)28-16-7-18(23-8-15(16)24-19(28)11-29)25-17-5-6-22-21(26-17)27-9-13-3-4-14(10-27)20(13)30/h5-8,12-14,20,29-30H,3-4,9-11H2,1-2H3,(H,22,23,25,26)/t13-,14+,20+. The van der Waals surface area contributed by atoms with Crippen molar-refractivity contribution >= 4 is 28.6 Å². The summed E-state index contributed by atoms with van der Waals surface area (Å²) in [5, 5.41) is 23.2. The molecule has 2 bridgehead atoms. The van der Waals surface area contributed by atoms with Crippen molar-refractivity contribution in [2.24, 2.45) is 11.8 Å². The Morgan fingerprint density at radius 2 is 1.90 bits per heavy atom. The highest BCUT2D eigenvalue weighted by molar-refractivity contribution is 5.79. The summed E-state index contributed by atoms with van der Waals surface area (Å²) in [5.74, 6) is 3.26. The molecule has 4 heterocycles. The molecule has 3 aromatic rings. The van der Waals surface area contributed by atoms with E-state index in [1.54, 1.807) is 12.4 Å². The molecule has 30 heavy (non-hydrogen) atoms. The predicted molar refractivity (Wildman–Crippen MR) is 114 cm³/mol. The number of fused-ring (bicyclic) bond motifs is 3. The molecule has 2 fully saturated rings. The molecule has 158 valence electrons. The van der Waals surface area contributed by atoms with Gasteiger partial charge in [-0.15, -0.1) is 0 Å². The van der Waals surface area contributed by atoms with Crippen molar-refractivity contribution in [1.82, 2.24) is 24.5 Å². The van der Waals surface area contributed by atoms with E-state index in [9.17, 15) is 10.2 Å². The highest BCUT2D eigenvalue weighted by atomic mass is 16.3. The Labute approximate surface area is 174 Å². The third-order valence-corrected chi connectivity index (χ3v) is 6.27. The maximum Gasteiger partial charge on any atom is 0.227 e. The first-order valence-corrected chi connectivity index (χ1v) is 10.5. The van der Waals surface area contributed by atoms with Crippen molar-refractivity contribution in [3.05, 3.63) is 30.4 Å². The number of aliphatic hydroxyl groups excluding tert-OH is 2. The number of hydrogen-bond acceptors (Lipinski definition) is 8. The topological polar surface area (TPSA) is 112 Å². The van der Waals surface area contributed by atoms with Crippen molar-refractivity contribution in [3.63, 3.8) is 0 Å². The van der Waals surface area contributed by atoms with E-state index in [-0.39, 0.29) is 18.8 Å². The SMILES string of the molecule is CC(C)n1c(CO)nc2cnc(Nc3ccnc(N4C[C@H]5CC[C@@H](C4)[C@H]5O)n3)cc21. The molecule has 1 saturated heterocycles. The van der Waals surface area contributed by atoms with E-state index in [2.05, 4.69) is 39.0 Å². The Bertz CT molecular complexity index is 1050. The zero-order valence-electron chi connectivity index (χ0n) is 17.2. The van der Waals surface area contributed by atoms with Crippen LogP contribution in [0.3, 0.4) is 0 Å². The minimum Gasteiger partial charge on any atom is -0.392 e. The van der Waals surface area contributed by atoms with Crippen LogP contribution in [-0.2, 0) is 6.61 Å². The minimum absolute atomic E-state index is 0.114. The van der Waals surface area contributed by atoms with Gasteiger partial charge in [-0.3, -0.25) is 0 Å². The number of hydrogen-bond donors (Lipinski definition) is 3. The molecule has 1 saturated carbocycles. The van der Waals surface area contributed by atoms with Gasteiger partial charge >= 0.3 is 0 Å². The van der Waals surface area contributed by atoms with Crippen LogP contribution < -0.4 is 10.2 Å². The number of rotatable bonds is 5. The van der Waals surface area contributed by atoms with Crippen LogP contribution >= 0.6 is 0 Å². The van der Waals surface area contributed by atoms with Gasteiger partial charge in [0.1, 0.15) is 29.6 Å². The molecule has 5 rings (SSSR count). The van der Waals surface area contributed by atoms with E-state index in [4.69, 9.17) is 4.98 Å². The van der Waals surface area contributed by atoms with Gasteiger partial charge in [0.05, 0.1) is 17.8 Å². The number of aromatic nitrogens is 5. The summed E-state index contributed by atoms with van der Waals surface area (Å²) in [6, 6.07) is 3.92. The van der Waals surface area contributed by atoms with E-state index < -0.39 is 0 Å². The normalized spacial score (nSPS) is 23.5. The summed E-state index contributed by atoms with van der Waals surface area (Å²) in [6.45, 7) is 5.60. The second-order valence-electron chi connectivity index (χ2n) is 8.57. The van der Waals surface area contributed by atoms with Crippen molar-refractivity contribution in [2.45, 2.75) is 45.4 Å². The summed E-state index contributed by atoms with van der Waals surface area (Å²) in [4.78, 5) is 20.3. The van der Waals surface area contributed by atoms with Gasteiger partial charge in [0.25, 0.3) is 0 Å². The molecule has 2 aliphatic rings. The number of nitrogens with zero attached hydrogens (tertiary/aromatic N) is 6.